The second kappa shape index (κ2) is 4.29. The molecule has 0 fully saturated rings. The third-order valence-electron chi connectivity index (χ3n) is 3.25. The van der Waals surface area contributed by atoms with Crippen molar-refractivity contribution in [2.24, 2.45) is 0 Å². The van der Waals surface area contributed by atoms with E-state index in [0.29, 0.717) is 0 Å². The maximum atomic E-state index is 3.60. The molecule has 0 amide bonds. The van der Waals surface area contributed by atoms with Crippen molar-refractivity contribution in [1.29, 1.82) is 0 Å². The summed E-state index contributed by atoms with van der Waals surface area (Å²) in [7, 11) is 0. The topological polar surface area (TPSA) is 15.8 Å². The van der Waals surface area contributed by atoms with E-state index in [9.17, 15) is 0 Å². The van der Waals surface area contributed by atoms with Crippen molar-refractivity contribution < 1.29 is 0 Å². The van der Waals surface area contributed by atoms with Gasteiger partial charge in [0.05, 0.1) is 0 Å². The Morgan fingerprint density at radius 1 is 1.00 bits per heavy atom. The molecule has 90 valence electrons. The lowest BCUT2D eigenvalue weighted by Crippen LogP contribution is -1.79. The maximum absolute atomic E-state index is 3.60. The average Bonchev–Trinajstić information content (AvgIpc) is 2.73. The second-order valence-electron chi connectivity index (χ2n) is 4.71. The summed E-state index contributed by atoms with van der Waals surface area (Å²) < 4.78 is 1.12. The zero-order valence-corrected chi connectivity index (χ0v) is 12.0. The minimum atomic E-state index is 1.12. The van der Waals surface area contributed by atoms with E-state index in [-0.39, 0.29) is 0 Å². The van der Waals surface area contributed by atoms with Gasteiger partial charge >= 0.3 is 0 Å². The third kappa shape index (κ3) is 1.87. The molecule has 0 bridgehead atoms. The van der Waals surface area contributed by atoms with Crippen LogP contribution in [0.5, 0.6) is 0 Å². The molecule has 0 radical (unpaired) electrons. The normalized spacial score (nSPS) is 11.1. The molecule has 3 aromatic rings. The van der Waals surface area contributed by atoms with Gasteiger partial charge in [0.1, 0.15) is 0 Å². The van der Waals surface area contributed by atoms with Crippen LogP contribution in [0.25, 0.3) is 22.2 Å². The quantitative estimate of drug-likeness (QED) is 0.634. The summed E-state index contributed by atoms with van der Waals surface area (Å²) in [6, 6.07) is 14.9. The molecule has 3 rings (SSSR count). The van der Waals surface area contributed by atoms with Crippen molar-refractivity contribution in [1.82, 2.24) is 4.98 Å². The standard InChI is InChI=1S/C16H14BrN/c1-10-7-11(2)13-9-16(18-15(13)8-10)12-5-3-4-6-14(12)17/h3-9,18H,1-2H3. The predicted molar refractivity (Wildman–Crippen MR) is 80.9 cm³/mol. The van der Waals surface area contributed by atoms with Gasteiger partial charge in [-0.25, -0.2) is 0 Å². The molecule has 0 aliphatic rings. The van der Waals surface area contributed by atoms with Gasteiger partial charge in [-0.05, 0) is 43.2 Å². The van der Waals surface area contributed by atoms with Crippen LogP contribution >= 0.6 is 15.9 Å². The molecule has 0 aliphatic carbocycles. The summed E-state index contributed by atoms with van der Waals surface area (Å²) in [4.78, 5) is 3.50. The van der Waals surface area contributed by atoms with Crippen molar-refractivity contribution in [3.05, 3.63) is 58.1 Å². The molecule has 2 aromatic carbocycles. The van der Waals surface area contributed by atoms with E-state index in [1.165, 1.54) is 27.6 Å². The summed E-state index contributed by atoms with van der Waals surface area (Å²) in [5.41, 5.74) is 6.18. The Morgan fingerprint density at radius 2 is 1.78 bits per heavy atom. The Morgan fingerprint density at radius 3 is 2.56 bits per heavy atom. The van der Waals surface area contributed by atoms with E-state index in [0.717, 1.165) is 10.2 Å². The first-order chi connectivity index (χ1) is 8.65. The molecule has 0 spiro atoms. The lowest BCUT2D eigenvalue weighted by atomic mass is 10.1. The largest absolute Gasteiger partial charge is 0.354 e. The van der Waals surface area contributed by atoms with Crippen LogP contribution in [0.15, 0.2) is 46.9 Å². The maximum Gasteiger partial charge on any atom is 0.0476 e. The summed E-state index contributed by atoms with van der Waals surface area (Å²) >= 11 is 3.60. The number of H-pyrrole nitrogens is 1. The first-order valence-corrected chi connectivity index (χ1v) is 6.79. The Hall–Kier alpha value is -1.54. The van der Waals surface area contributed by atoms with Gasteiger partial charge in [-0.3, -0.25) is 0 Å². The monoisotopic (exact) mass is 299 g/mol. The van der Waals surface area contributed by atoms with Crippen LogP contribution in [-0.4, -0.2) is 4.98 Å². The lowest BCUT2D eigenvalue weighted by Gasteiger charge is -2.00. The van der Waals surface area contributed by atoms with Gasteiger partial charge < -0.3 is 4.98 Å². The smallest absolute Gasteiger partial charge is 0.0476 e. The highest BCUT2D eigenvalue weighted by Crippen LogP contribution is 2.31. The minimum absolute atomic E-state index is 1.12. The Balaban J connectivity index is 2.26. The average molecular weight is 300 g/mol. The van der Waals surface area contributed by atoms with E-state index in [1.807, 2.05) is 6.07 Å². The molecule has 0 saturated heterocycles. The molecule has 1 nitrogen and oxygen atoms in total. The molecule has 0 aliphatic heterocycles. The molecule has 18 heavy (non-hydrogen) atoms. The summed E-state index contributed by atoms with van der Waals surface area (Å²) in [6.45, 7) is 4.29. The number of aryl methyl sites for hydroxylation is 2. The highest BCUT2D eigenvalue weighted by Gasteiger charge is 2.08. The number of benzene rings is 2. The van der Waals surface area contributed by atoms with Gasteiger partial charge in [0.15, 0.2) is 0 Å². The predicted octanol–water partition coefficient (Wildman–Crippen LogP) is 5.21. The Labute approximate surface area is 115 Å². The van der Waals surface area contributed by atoms with Crippen molar-refractivity contribution >= 4 is 26.8 Å². The van der Waals surface area contributed by atoms with Gasteiger partial charge in [0.25, 0.3) is 0 Å². The molecular weight excluding hydrogens is 286 g/mol. The van der Waals surface area contributed by atoms with Crippen LogP contribution in [0, 0.1) is 13.8 Å². The van der Waals surface area contributed by atoms with Crippen LogP contribution in [0.4, 0.5) is 0 Å². The fourth-order valence-electron chi connectivity index (χ4n) is 2.42. The number of aromatic nitrogens is 1. The fourth-order valence-corrected chi connectivity index (χ4v) is 2.92. The number of aromatic amines is 1. The van der Waals surface area contributed by atoms with Crippen LogP contribution in [0.2, 0.25) is 0 Å². The van der Waals surface area contributed by atoms with Crippen molar-refractivity contribution in [2.75, 3.05) is 0 Å². The number of fused-ring (bicyclic) bond motifs is 1. The second-order valence-corrected chi connectivity index (χ2v) is 5.56. The minimum Gasteiger partial charge on any atom is -0.354 e. The van der Waals surface area contributed by atoms with Gasteiger partial charge in [-0.15, -0.1) is 0 Å². The van der Waals surface area contributed by atoms with Gasteiger partial charge in [0, 0.05) is 26.6 Å². The zero-order valence-electron chi connectivity index (χ0n) is 10.4. The van der Waals surface area contributed by atoms with Gasteiger partial charge in [-0.2, -0.15) is 0 Å². The number of halogens is 1. The van der Waals surface area contributed by atoms with Crippen molar-refractivity contribution in [3.8, 4) is 11.3 Å². The van der Waals surface area contributed by atoms with Crippen LogP contribution in [0.1, 0.15) is 11.1 Å². The van der Waals surface area contributed by atoms with Crippen LogP contribution < -0.4 is 0 Å². The van der Waals surface area contributed by atoms with Crippen molar-refractivity contribution in [2.45, 2.75) is 13.8 Å². The van der Waals surface area contributed by atoms with E-state index in [2.05, 4.69) is 71.2 Å². The van der Waals surface area contributed by atoms with Crippen molar-refractivity contribution in [3.63, 3.8) is 0 Å². The fraction of sp³-hybridized carbons (Fsp3) is 0.125. The number of hydrogen-bond donors (Lipinski definition) is 1. The highest BCUT2D eigenvalue weighted by atomic mass is 79.9. The molecule has 0 unspecified atom stereocenters. The summed E-state index contributed by atoms with van der Waals surface area (Å²) in [5.74, 6) is 0. The highest BCUT2D eigenvalue weighted by molar-refractivity contribution is 9.10. The number of nitrogens with one attached hydrogen (secondary N) is 1. The number of rotatable bonds is 1. The van der Waals surface area contributed by atoms with Crippen LogP contribution in [-0.2, 0) is 0 Å². The SMILES string of the molecule is Cc1cc(C)c2cc(-c3ccccc3Br)[nH]c2c1. The zero-order chi connectivity index (χ0) is 12.7. The number of hydrogen-bond acceptors (Lipinski definition) is 0. The lowest BCUT2D eigenvalue weighted by molar-refractivity contribution is 1.40. The summed E-state index contributed by atoms with van der Waals surface area (Å²) in [5, 5.41) is 1.30. The molecule has 0 saturated carbocycles. The van der Waals surface area contributed by atoms with Gasteiger partial charge in [0.2, 0.25) is 0 Å². The van der Waals surface area contributed by atoms with E-state index >= 15 is 0 Å². The first kappa shape index (κ1) is 11.5. The molecule has 1 aromatic heterocycles. The molecule has 1 N–H and O–H groups in total. The third-order valence-corrected chi connectivity index (χ3v) is 3.94. The van der Waals surface area contributed by atoms with Crippen LogP contribution in [0.3, 0.4) is 0 Å². The molecule has 2 heteroatoms. The first-order valence-electron chi connectivity index (χ1n) is 6.00. The van der Waals surface area contributed by atoms with E-state index < -0.39 is 0 Å². The Kier molecular flexibility index (Phi) is 2.75. The molecular formula is C16H14BrN. The van der Waals surface area contributed by atoms with E-state index in [1.54, 1.807) is 0 Å². The van der Waals surface area contributed by atoms with Gasteiger partial charge in [-0.1, -0.05) is 40.2 Å². The summed E-state index contributed by atoms with van der Waals surface area (Å²) in [6.07, 6.45) is 0. The Bertz CT molecular complexity index is 725. The molecule has 1 heterocycles. The molecule has 0 atom stereocenters. The van der Waals surface area contributed by atoms with E-state index in [4.69, 9.17) is 0 Å².